The van der Waals surface area contributed by atoms with Gasteiger partial charge in [-0.1, -0.05) is 13.3 Å². The van der Waals surface area contributed by atoms with Crippen LogP contribution in [0.3, 0.4) is 0 Å². The van der Waals surface area contributed by atoms with Crippen molar-refractivity contribution in [1.29, 1.82) is 0 Å². The van der Waals surface area contributed by atoms with Gasteiger partial charge in [-0.05, 0) is 12.8 Å². The minimum absolute atomic E-state index is 0.0879. The summed E-state index contributed by atoms with van der Waals surface area (Å²) in [6.45, 7) is 3.54. The highest BCUT2D eigenvalue weighted by molar-refractivity contribution is 5.80. The maximum atomic E-state index is 11.5. The lowest BCUT2D eigenvalue weighted by atomic mass is 10.0. The van der Waals surface area contributed by atoms with Crippen LogP contribution in [0.15, 0.2) is 0 Å². The number of likely N-dealkylation sites (tertiary alicyclic amines) is 1. The molecule has 0 aromatic rings. The molecule has 3 nitrogen and oxygen atoms in total. The van der Waals surface area contributed by atoms with E-state index < -0.39 is 0 Å². The molecule has 1 fully saturated rings. The van der Waals surface area contributed by atoms with E-state index in [4.69, 9.17) is 5.11 Å². The SMILES string of the molecule is CCCC1CCN(CCO)C1=O. The van der Waals surface area contributed by atoms with E-state index >= 15 is 0 Å². The highest BCUT2D eigenvalue weighted by atomic mass is 16.3. The summed E-state index contributed by atoms with van der Waals surface area (Å²) in [5, 5.41) is 8.67. The average Bonchev–Trinajstić information content (AvgIpc) is 2.38. The van der Waals surface area contributed by atoms with Gasteiger partial charge in [-0.25, -0.2) is 0 Å². The number of aliphatic hydroxyl groups excluding tert-OH is 1. The molecule has 0 spiro atoms. The molecular formula is C9H17NO2. The summed E-state index contributed by atoms with van der Waals surface area (Å²) in [6, 6.07) is 0. The Morgan fingerprint density at radius 3 is 3.00 bits per heavy atom. The minimum Gasteiger partial charge on any atom is -0.395 e. The van der Waals surface area contributed by atoms with Crippen molar-refractivity contribution in [3.8, 4) is 0 Å². The molecule has 1 aliphatic rings. The van der Waals surface area contributed by atoms with Gasteiger partial charge < -0.3 is 10.0 Å². The quantitative estimate of drug-likeness (QED) is 0.674. The maximum Gasteiger partial charge on any atom is 0.225 e. The number of amides is 1. The molecule has 0 saturated carbocycles. The van der Waals surface area contributed by atoms with Gasteiger partial charge in [0.1, 0.15) is 0 Å². The predicted molar refractivity (Wildman–Crippen MR) is 46.7 cm³/mol. The molecule has 0 aromatic heterocycles. The summed E-state index contributed by atoms with van der Waals surface area (Å²) in [5.74, 6) is 0.479. The number of carbonyl (C=O) groups excluding carboxylic acids is 1. The molecule has 1 N–H and O–H groups in total. The first kappa shape index (κ1) is 9.52. The van der Waals surface area contributed by atoms with Crippen LogP contribution in [0.25, 0.3) is 0 Å². The van der Waals surface area contributed by atoms with Crippen molar-refractivity contribution in [1.82, 2.24) is 4.90 Å². The van der Waals surface area contributed by atoms with Crippen molar-refractivity contribution in [2.45, 2.75) is 26.2 Å². The van der Waals surface area contributed by atoms with Crippen LogP contribution in [-0.2, 0) is 4.79 Å². The predicted octanol–water partition coefficient (Wildman–Crippen LogP) is 0.627. The molecule has 1 aliphatic heterocycles. The van der Waals surface area contributed by atoms with Crippen LogP contribution in [-0.4, -0.2) is 35.6 Å². The summed E-state index contributed by atoms with van der Waals surface area (Å²) >= 11 is 0. The van der Waals surface area contributed by atoms with E-state index in [1.807, 2.05) is 0 Å². The molecule has 1 amide bonds. The zero-order valence-corrected chi connectivity index (χ0v) is 7.62. The third-order valence-corrected chi connectivity index (χ3v) is 2.42. The van der Waals surface area contributed by atoms with Crippen LogP contribution in [0.4, 0.5) is 0 Å². The maximum absolute atomic E-state index is 11.5. The Morgan fingerprint density at radius 2 is 2.42 bits per heavy atom. The van der Waals surface area contributed by atoms with Crippen LogP contribution in [0, 0.1) is 5.92 Å². The van der Waals surface area contributed by atoms with Crippen molar-refractivity contribution in [2.75, 3.05) is 19.7 Å². The fraction of sp³-hybridized carbons (Fsp3) is 0.889. The van der Waals surface area contributed by atoms with E-state index in [1.165, 1.54) is 0 Å². The number of hydrogen-bond acceptors (Lipinski definition) is 2. The smallest absolute Gasteiger partial charge is 0.225 e. The van der Waals surface area contributed by atoms with Crippen LogP contribution < -0.4 is 0 Å². The van der Waals surface area contributed by atoms with Crippen LogP contribution in [0.5, 0.6) is 0 Å². The fourth-order valence-electron chi connectivity index (χ4n) is 1.76. The van der Waals surface area contributed by atoms with Gasteiger partial charge in [0.25, 0.3) is 0 Å². The average molecular weight is 171 g/mol. The molecule has 12 heavy (non-hydrogen) atoms. The zero-order valence-electron chi connectivity index (χ0n) is 7.62. The molecule has 0 bridgehead atoms. The molecule has 1 saturated heterocycles. The first-order valence-electron chi connectivity index (χ1n) is 4.69. The molecule has 1 rings (SSSR count). The van der Waals surface area contributed by atoms with Gasteiger partial charge in [-0.15, -0.1) is 0 Å². The summed E-state index contributed by atoms with van der Waals surface area (Å²) in [7, 11) is 0. The Labute approximate surface area is 73.4 Å². The van der Waals surface area contributed by atoms with Gasteiger partial charge in [0.15, 0.2) is 0 Å². The van der Waals surface area contributed by atoms with Gasteiger partial charge in [-0.2, -0.15) is 0 Å². The number of carbonyl (C=O) groups is 1. The van der Waals surface area contributed by atoms with Gasteiger partial charge >= 0.3 is 0 Å². The second-order valence-electron chi connectivity index (χ2n) is 3.32. The number of hydrogen-bond donors (Lipinski definition) is 1. The second kappa shape index (κ2) is 4.45. The highest BCUT2D eigenvalue weighted by Crippen LogP contribution is 2.21. The first-order valence-corrected chi connectivity index (χ1v) is 4.69. The Balaban J connectivity index is 2.38. The number of rotatable bonds is 4. The third-order valence-electron chi connectivity index (χ3n) is 2.42. The molecule has 0 radical (unpaired) electrons. The summed E-state index contributed by atoms with van der Waals surface area (Å²) in [5.41, 5.74) is 0. The van der Waals surface area contributed by atoms with Crippen LogP contribution >= 0.6 is 0 Å². The van der Waals surface area contributed by atoms with Crippen molar-refractivity contribution < 1.29 is 9.90 Å². The molecule has 1 heterocycles. The normalized spacial score (nSPS) is 23.7. The van der Waals surface area contributed by atoms with Gasteiger partial charge in [0, 0.05) is 19.0 Å². The standard InChI is InChI=1S/C9H17NO2/c1-2-3-8-4-5-10(6-7-11)9(8)12/h8,11H,2-7H2,1H3. The van der Waals surface area contributed by atoms with Gasteiger partial charge in [0.05, 0.1) is 6.61 Å². The van der Waals surface area contributed by atoms with Crippen molar-refractivity contribution >= 4 is 5.91 Å². The second-order valence-corrected chi connectivity index (χ2v) is 3.32. The third kappa shape index (κ3) is 1.97. The topological polar surface area (TPSA) is 40.5 Å². The van der Waals surface area contributed by atoms with Crippen molar-refractivity contribution in [3.63, 3.8) is 0 Å². The van der Waals surface area contributed by atoms with Gasteiger partial charge in [0.2, 0.25) is 5.91 Å². The van der Waals surface area contributed by atoms with E-state index in [2.05, 4.69) is 6.92 Å². The lowest BCUT2D eigenvalue weighted by Crippen LogP contribution is -2.30. The van der Waals surface area contributed by atoms with E-state index in [0.29, 0.717) is 6.54 Å². The zero-order chi connectivity index (χ0) is 8.97. The highest BCUT2D eigenvalue weighted by Gasteiger charge is 2.29. The summed E-state index contributed by atoms with van der Waals surface area (Å²) in [6.07, 6.45) is 3.05. The summed E-state index contributed by atoms with van der Waals surface area (Å²) < 4.78 is 0. The Morgan fingerprint density at radius 1 is 1.67 bits per heavy atom. The molecule has 3 heteroatoms. The number of aliphatic hydroxyl groups is 1. The Hall–Kier alpha value is -0.570. The largest absolute Gasteiger partial charge is 0.395 e. The van der Waals surface area contributed by atoms with E-state index in [9.17, 15) is 4.79 Å². The summed E-state index contributed by atoms with van der Waals surface area (Å²) in [4.78, 5) is 13.3. The van der Waals surface area contributed by atoms with E-state index in [0.717, 1.165) is 25.8 Å². The van der Waals surface area contributed by atoms with Crippen molar-refractivity contribution in [2.24, 2.45) is 5.92 Å². The number of nitrogens with zero attached hydrogens (tertiary/aromatic N) is 1. The lowest BCUT2D eigenvalue weighted by Gasteiger charge is -2.14. The molecule has 0 aliphatic carbocycles. The Bertz CT molecular complexity index is 143. The lowest BCUT2D eigenvalue weighted by molar-refractivity contribution is -0.131. The monoisotopic (exact) mass is 171 g/mol. The fourth-order valence-corrected chi connectivity index (χ4v) is 1.76. The van der Waals surface area contributed by atoms with Crippen LogP contribution in [0.1, 0.15) is 26.2 Å². The van der Waals surface area contributed by atoms with E-state index in [-0.39, 0.29) is 18.4 Å². The molecular weight excluding hydrogens is 154 g/mol. The molecule has 1 unspecified atom stereocenters. The van der Waals surface area contributed by atoms with Gasteiger partial charge in [-0.3, -0.25) is 4.79 Å². The Kier molecular flexibility index (Phi) is 3.53. The molecule has 70 valence electrons. The molecule has 0 aromatic carbocycles. The van der Waals surface area contributed by atoms with Crippen LogP contribution in [0.2, 0.25) is 0 Å². The first-order chi connectivity index (χ1) is 5.79. The number of β-amino-alcohol motifs (C(OH)–C–C–N with tert-alkyl or cyclic N) is 1. The van der Waals surface area contributed by atoms with Crippen molar-refractivity contribution in [3.05, 3.63) is 0 Å². The molecule has 1 atom stereocenters. The van der Waals surface area contributed by atoms with E-state index in [1.54, 1.807) is 4.90 Å². The minimum atomic E-state index is 0.0879.